The summed E-state index contributed by atoms with van der Waals surface area (Å²) in [6.07, 6.45) is 1.54. The van der Waals surface area contributed by atoms with Crippen LogP contribution < -0.4 is 9.88 Å². The van der Waals surface area contributed by atoms with Gasteiger partial charge >= 0.3 is 0 Å². The van der Waals surface area contributed by atoms with Crippen molar-refractivity contribution in [3.05, 3.63) is 33.8 Å². The lowest BCUT2D eigenvalue weighted by atomic mass is 10.3. The highest BCUT2D eigenvalue weighted by Gasteiger charge is 2.16. The fourth-order valence-electron chi connectivity index (χ4n) is 1.01. The van der Waals surface area contributed by atoms with Crippen molar-refractivity contribution in [1.82, 2.24) is 0 Å². The Kier molecular flexibility index (Phi) is 5.09. The second-order valence-corrected chi connectivity index (χ2v) is 5.53. The van der Waals surface area contributed by atoms with Gasteiger partial charge in [0.25, 0.3) is 0 Å². The summed E-state index contributed by atoms with van der Waals surface area (Å²) in [6.45, 7) is 0.189. The van der Waals surface area contributed by atoms with Crippen LogP contribution in [0.2, 0.25) is 10.0 Å². The van der Waals surface area contributed by atoms with Crippen LogP contribution in [0.4, 0.5) is 0 Å². The molecule has 0 spiro atoms. The van der Waals surface area contributed by atoms with Crippen LogP contribution in [0.25, 0.3) is 0 Å². The summed E-state index contributed by atoms with van der Waals surface area (Å²) in [4.78, 5) is -0.246. The molecule has 0 heterocycles. The molecule has 1 aromatic rings. The van der Waals surface area contributed by atoms with E-state index in [4.69, 9.17) is 44.7 Å². The highest BCUT2D eigenvalue weighted by Crippen LogP contribution is 2.33. The summed E-state index contributed by atoms with van der Waals surface area (Å²) < 4.78 is 27.5. The van der Waals surface area contributed by atoms with E-state index in [0.29, 0.717) is 0 Å². The van der Waals surface area contributed by atoms with Crippen LogP contribution in [-0.4, -0.2) is 15.0 Å². The Balaban J connectivity index is 3.10. The van der Waals surface area contributed by atoms with Crippen molar-refractivity contribution in [1.29, 1.82) is 0 Å². The molecule has 17 heavy (non-hydrogen) atoms. The average molecular weight is 317 g/mol. The van der Waals surface area contributed by atoms with E-state index < -0.39 is 10.0 Å². The number of nitrogens with two attached hydrogens (primary N) is 1. The minimum absolute atomic E-state index is 0.0539. The zero-order valence-electron chi connectivity index (χ0n) is 8.36. The number of hydrogen-bond acceptors (Lipinski definition) is 3. The smallest absolute Gasteiger partial charge is 0.239 e. The van der Waals surface area contributed by atoms with Gasteiger partial charge in [-0.25, -0.2) is 13.6 Å². The molecule has 0 atom stereocenters. The van der Waals surface area contributed by atoms with E-state index in [1.807, 2.05) is 0 Å². The van der Waals surface area contributed by atoms with Gasteiger partial charge in [0, 0.05) is 11.6 Å². The molecule has 0 aromatic heterocycles. The van der Waals surface area contributed by atoms with Gasteiger partial charge in [0.15, 0.2) is 0 Å². The second-order valence-electron chi connectivity index (χ2n) is 2.93. The summed E-state index contributed by atoms with van der Waals surface area (Å²) in [5.41, 5.74) is 1.29. The van der Waals surface area contributed by atoms with Crippen LogP contribution >= 0.6 is 34.8 Å². The largest absolute Gasteiger partial charge is 0.488 e. The minimum atomic E-state index is -3.90. The Bertz CT molecular complexity index is 543. The Morgan fingerprint density at radius 2 is 1.94 bits per heavy atom. The zero-order chi connectivity index (χ0) is 13.1. The molecule has 1 rings (SSSR count). The van der Waals surface area contributed by atoms with Gasteiger partial charge in [-0.2, -0.15) is 0 Å². The molecule has 0 amide bonds. The minimum Gasteiger partial charge on any atom is -0.488 e. The third-order valence-electron chi connectivity index (χ3n) is 1.72. The molecule has 0 radical (unpaired) electrons. The SMILES string of the molecule is NS(=O)(=O)c1cc(Cl)c(OC/C=C/Cl)cc1Cl. The van der Waals surface area contributed by atoms with Crippen molar-refractivity contribution >= 4 is 44.8 Å². The van der Waals surface area contributed by atoms with Gasteiger partial charge in [0.1, 0.15) is 17.3 Å². The Hall–Kier alpha value is -0.460. The number of benzene rings is 1. The van der Waals surface area contributed by atoms with Crippen LogP contribution in [-0.2, 0) is 10.0 Å². The molecule has 0 unspecified atom stereocenters. The van der Waals surface area contributed by atoms with Crippen molar-refractivity contribution in [3.63, 3.8) is 0 Å². The molecular formula is C9H8Cl3NO3S. The predicted molar refractivity (Wildman–Crippen MR) is 68.3 cm³/mol. The first kappa shape index (κ1) is 14.6. The third kappa shape index (κ3) is 4.04. The number of primary sulfonamides is 1. The number of ether oxygens (including phenoxy) is 1. The first-order chi connectivity index (χ1) is 7.86. The molecule has 0 aliphatic heterocycles. The van der Waals surface area contributed by atoms with Crippen LogP contribution in [0.5, 0.6) is 5.75 Å². The second kappa shape index (κ2) is 5.93. The lowest BCUT2D eigenvalue weighted by Gasteiger charge is -2.08. The predicted octanol–water partition coefficient (Wildman–Crippen LogP) is 2.77. The maximum absolute atomic E-state index is 11.1. The van der Waals surface area contributed by atoms with Crippen LogP contribution in [0.1, 0.15) is 0 Å². The third-order valence-corrected chi connectivity index (χ3v) is 3.57. The van der Waals surface area contributed by atoms with Gasteiger partial charge in [-0.05, 0) is 12.1 Å². The normalized spacial score (nSPS) is 12.0. The van der Waals surface area contributed by atoms with Gasteiger partial charge in [-0.1, -0.05) is 34.8 Å². The fourth-order valence-corrected chi connectivity index (χ4v) is 2.46. The van der Waals surface area contributed by atoms with E-state index in [9.17, 15) is 8.42 Å². The van der Waals surface area contributed by atoms with Crippen LogP contribution in [0, 0.1) is 0 Å². The number of halogens is 3. The lowest BCUT2D eigenvalue weighted by molar-refractivity contribution is 0.363. The summed E-state index contributed by atoms with van der Waals surface area (Å²) in [7, 11) is -3.90. The molecule has 0 aliphatic rings. The molecule has 1 aromatic carbocycles. The number of hydrogen-bond donors (Lipinski definition) is 1. The van der Waals surface area contributed by atoms with Crippen LogP contribution in [0.3, 0.4) is 0 Å². The average Bonchev–Trinajstić information content (AvgIpc) is 2.21. The number of sulfonamides is 1. The van der Waals surface area contributed by atoms with Crippen LogP contribution in [0.15, 0.2) is 28.6 Å². The van der Waals surface area contributed by atoms with Gasteiger partial charge in [-0.3, -0.25) is 0 Å². The van der Waals surface area contributed by atoms with E-state index in [0.717, 1.165) is 6.07 Å². The Morgan fingerprint density at radius 3 is 2.47 bits per heavy atom. The quantitative estimate of drug-likeness (QED) is 0.928. The monoisotopic (exact) mass is 315 g/mol. The molecule has 8 heteroatoms. The zero-order valence-corrected chi connectivity index (χ0v) is 11.4. The summed E-state index contributed by atoms with van der Waals surface area (Å²) in [6, 6.07) is 2.42. The molecule has 4 nitrogen and oxygen atoms in total. The summed E-state index contributed by atoms with van der Waals surface area (Å²) in [5, 5.41) is 5.00. The van der Waals surface area contributed by atoms with E-state index in [1.54, 1.807) is 6.08 Å². The van der Waals surface area contributed by atoms with E-state index >= 15 is 0 Å². The topological polar surface area (TPSA) is 69.4 Å². The van der Waals surface area contributed by atoms with Gasteiger partial charge in [-0.15, -0.1) is 0 Å². The summed E-state index contributed by atoms with van der Waals surface area (Å²) >= 11 is 16.9. The molecule has 0 aliphatic carbocycles. The van der Waals surface area contributed by atoms with Crippen molar-refractivity contribution in [2.45, 2.75) is 4.90 Å². The first-order valence-corrected chi connectivity index (χ1v) is 7.00. The van der Waals surface area contributed by atoms with Gasteiger partial charge in [0.2, 0.25) is 10.0 Å². The standard InChI is InChI=1S/C9H8Cl3NO3S/c10-2-1-3-16-8-4-7(12)9(5-6(8)11)17(13,14)15/h1-2,4-5H,3H2,(H2,13,14,15)/b2-1+. The van der Waals surface area contributed by atoms with Crippen molar-refractivity contribution in [3.8, 4) is 5.75 Å². The molecule has 0 bridgehead atoms. The van der Waals surface area contributed by atoms with Crippen molar-refractivity contribution < 1.29 is 13.2 Å². The highest BCUT2D eigenvalue weighted by molar-refractivity contribution is 7.89. The van der Waals surface area contributed by atoms with E-state index in [1.165, 1.54) is 11.6 Å². The van der Waals surface area contributed by atoms with E-state index in [-0.39, 0.29) is 27.3 Å². The maximum atomic E-state index is 11.1. The van der Waals surface area contributed by atoms with Crippen molar-refractivity contribution in [2.24, 2.45) is 5.14 Å². The Morgan fingerprint density at radius 1 is 1.29 bits per heavy atom. The molecular weight excluding hydrogens is 309 g/mol. The summed E-state index contributed by atoms with van der Waals surface area (Å²) in [5.74, 6) is 0.249. The molecule has 0 saturated heterocycles. The van der Waals surface area contributed by atoms with Gasteiger partial charge in [0.05, 0.1) is 10.0 Å². The molecule has 0 saturated carbocycles. The molecule has 0 fully saturated rings. The van der Waals surface area contributed by atoms with Gasteiger partial charge < -0.3 is 4.74 Å². The first-order valence-electron chi connectivity index (χ1n) is 4.26. The highest BCUT2D eigenvalue weighted by atomic mass is 35.5. The van der Waals surface area contributed by atoms with E-state index in [2.05, 4.69) is 0 Å². The number of rotatable bonds is 4. The fraction of sp³-hybridized carbons (Fsp3) is 0.111. The lowest BCUT2D eigenvalue weighted by Crippen LogP contribution is -2.13. The molecule has 94 valence electrons. The molecule has 2 N–H and O–H groups in total. The Labute approximate surface area is 114 Å². The van der Waals surface area contributed by atoms with Crippen molar-refractivity contribution in [2.75, 3.05) is 6.61 Å². The maximum Gasteiger partial charge on any atom is 0.239 e.